The number of allylic oxidation sites excluding steroid dienone is 1. The molecule has 0 fully saturated rings. The van der Waals surface area contributed by atoms with Crippen LogP contribution >= 0.6 is 0 Å². The summed E-state index contributed by atoms with van der Waals surface area (Å²) >= 11 is 0. The SMILES string of the molecule is CCOc1ccc2c3c1CCCN3C(C)(C)C=C2C. The van der Waals surface area contributed by atoms with E-state index in [1.165, 1.54) is 28.8 Å². The van der Waals surface area contributed by atoms with Gasteiger partial charge >= 0.3 is 0 Å². The fraction of sp³-hybridized carbons (Fsp3) is 0.529. The Morgan fingerprint density at radius 2 is 2.11 bits per heavy atom. The van der Waals surface area contributed by atoms with Crippen LogP contribution < -0.4 is 9.64 Å². The van der Waals surface area contributed by atoms with Crippen molar-refractivity contribution in [3.8, 4) is 5.75 Å². The number of hydrogen-bond acceptors (Lipinski definition) is 2. The topological polar surface area (TPSA) is 12.5 Å². The van der Waals surface area contributed by atoms with Crippen LogP contribution in [0.15, 0.2) is 18.2 Å². The highest BCUT2D eigenvalue weighted by Crippen LogP contribution is 2.46. The highest BCUT2D eigenvalue weighted by Gasteiger charge is 2.35. The summed E-state index contributed by atoms with van der Waals surface area (Å²) in [4.78, 5) is 2.55. The first-order valence-corrected chi connectivity index (χ1v) is 7.30. The van der Waals surface area contributed by atoms with Crippen LogP contribution in [0.25, 0.3) is 5.57 Å². The van der Waals surface area contributed by atoms with E-state index in [1.54, 1.807) is 0 Å². The van der Waals surface area contributed by atoms with Gasteiger partial charge in [-0.2, -0.15) is 0 Å². The summed E-state index contributed by atoms with van der Waals surface area (Å²) < 4.78 is 5.83. The molecule has 2 heterocycles. The van der Waals surface area contributed by atoms with E-state index in [0.29, 0.717) is 0 Å². The van der Waals surface area contributed by atoms with Gasteiger partial charge in [-0.25, -0.2) is 0 Å². The molecule has 1 aromatic carbocycles. The number of rotatable bonds is 2. The third-order valence-electron chi connectivity index (χ3n) is 4.31. The Morgan fingerprint density at radius 1 is 1.32 bits per heavy atom. The minimum Gasteiger partial charge on any atom is -0.494 e. The van der Waals surface area contributed by atoms with E-state index in [4.69, 9.17) is 4.74 Å². The van der Waals surface area contributed by atoms with Crippen LogP contribution in [0.4, 0.5) is 5.69 Å². The van der Waals surface area contributed by atoms with Crippen molar-refractivity contribution in [2.45, 2.75) is 46.1 Å². The molecule has 3 rings (SSSR count). The van der Waals surface area contributed by atoms with E-state index in [1.807, 2.05) is 0 Å². The van der Waals surface area contributed by atoms with Gasteiger partial charge in [0.1, 0.15) is 5.75 Å². The Bertz CT molecular complexity index is 542. The summed E-state index contributed by atoms with van der Waals surface area (Å²) in [6, 6.07) is 4.38. The van der Waals surface area contributed by atoms with Crippen molar-refractivity contribution in [3.63, 3.8) is 0 Å². The van der Waals surface area contributed by atoms with Crippen LogP contribution in [-0.2, 0) is 6.42 Å². The number of nitrogens with zero attached hydrogens (tertiary/aromatic N) is 1. The second-order valence-electron chi connectivity index (χ2n) is 6.11. The van der Waals surface area contributed by atoms with Crippen molar-refractivity contribution in [1.29, 1.82) is 0 Å². The zero-order valence-electron chi connectivity index (χ0n) is 12.4. The Kier molecular flexibility index (Phi) is 2.84. The van der Waals surface area contributed by atoms with Gasteiger partial charge in [-0.3, -0.25) is 0 Å². The standard InChI is InChI=1S/C17H23NO/c1-5-19-15-9-8-13-12(2)11-17(3,4)18-10-6-7-14(15)16(13)18/h8-9,11H,5-7,10H2,1-4H3. The van der Waals surface area contributed by atoms with Crippen LogP contribution in [0.3, 0.4) is 0 Å². The van der Waals surface area contributed by atoms with Crippen LogP contribution in [0.2, 0.25) is 0 Å². The van der Waals surface area contributed by atoms with Gasteiger partial charge in [0.15, 0.2) is 0 Å². The molecule has 0 N–H and O–H groups in total. The molecule has 0 aromatic heterocycles. The van der Waals surface area contributed by atoms with Gasteiger partial charge in [-0.1, -0.05) is 6.08 Å². The van der Waals surface area contributed by atoms with Crippen molar-refractivity contribution in [2.24, 2.45) is 0 Å². The quantitative estimate of drug-likeness (QED) is 0.793. The minimum absolute atomic E-state index is 0.108. The lowest BCUT2D eigenvalue weighted by Gasteiger charge is -2.46. The molecule has 0 unspecified atom stereocenters. The van der Waals surface area contributed by atoms with E-state index in [9.17, 15) is 0 Å². The first-order chi connectivity index (χ1) is 9.04. The number of benzene rings is 1. The van der Waals surface area contributed by atoms with Crippen LogP contribution in [0.5, 0.6) is 5.75 Å². The van der Waals surface area contributed by atoms with E-state index >= 15 is 0 Å². The summed E-state index contributed by atoms with van der Waals surface area (Å²) in [5, 5.41) is 0. The smallest absolute Gasteiger partial charge is 0.124 e. The zero-order chi connectivity index (χ0) is 13.6. The average molecular weight is 257 g/mol. The molecule has 0 bridgehead atoms. The minimum atomic E-state index is 0.108. The molecule has 19 heavy (non-hydrogen) atoms. The van der Waals surface area contributed by atoms with Crippen molar-refractivity contribution in [2.75, 3.05) is 18.1 Å². The molecule has 0 saturated heterocycles. The number of hydrogen-bond donors (Lipinski definition) is 0. The molecule has 2 aliphatic heterocycles. The van der Waals surface area contributed by atoms with E-state index in [-0.39, 0.29) is 5.54 Å². The first-order valence-electron chi connectivity index (χ1n) is 7.30. The van der Waals surface area contributed by atoms with Crippen molar-refractivity contribution in [1.82, 2.24) is 0 Å². The largest absolute Gasteiger partial charge is 0.494 e. The van der Waals surface area contributed by atoms with Crippen LogP contribution in [0, 0.1) is 0 Å². The molecule has 1 aromatic rings. The summed E-state index contributed by atoms with van der Waals surface area (Å²) in [6.45, 7) is 10.8. The van der Waals surface area contributed by atoms with Gasteiger partial charge in [0.05, 0.1) is 17.8 Å². The van der Waals surface area contributed by atoms with E-state index in [2.05, 4.69) is 50.8 Å². The Morgan fingerprint density at radius 3 is 2.84 bits per heavy atom. The Hall–Kier alpha value is -1.44. The lowest BCUT2D eigenvalue weighted by molar-refractivity contribution is 0.335. The molecule has 2 aliphatic rings. The highest BCUT2D eigenvalue weighted by molar-refractivity contribution is 5.85. The lowest BCUT2D eigenvalue weighted by Crippen LogP contribution is -2.47. The molecule has 0 aliphatic carbocycles. The average Bonchev–Trinajstić information content (AvgIpc) is 2.37. The van der Waals surface area contributed by atoms with Crippen molar-refractivity contribution < 1.29 is 4.74 Å². The maximum Gasteiger partial charge on any atom is 0.124 e. The Labute approximate surface area is 116 Å². The number of anilines is 1. The molecule has 102 valence electrons. The second-order valence-corrected chi connectivity index (χ2v) is 6.11. The predicted octanol–water partition coefficient (Wildman–Crippen LogP) is 4.03. The lowest BCUT2D eigenvalue weighted by atomic mass is 9.83. The van der Waals surface area contributed by atoms with Gasteiger partial charge in [0.25, 0.3) is 0 Å². The molecule has 0 saturated carbocycles. The van der Waals surface area contributed by atoms with Crippen molar-refractivity contribution in [3.05, 3.63) is 29.3 Å². The third-order valence-corrected chi connectivity index (χ3v) is 4.31. The molecule has 2 heteroatoms. The summed E-state index contributed by atoms with van der Waals surface area (Å²) in [5.41, 5.74) is 5.71. The fourth-order valence-electron chi connectivity index (χ4n) is 3.56. The number of ether oxygens (including phenoxy) is 1. The third kappa shape index (κ3) is 1.85. The fourth-order valence-corrected chi connectivity index (χ4v) is 3.56. The van der Waals surface area contributed by atoms with E-state index in [0.717, 1.165) is 25.3 Å². The molecular formula is C17H23NO. The van der Waals surface area contributed by atoms with Gasteiger partial charge in [-0.15, -0.1) is 0 Å². The van der Waals surface area contributed by atoms with Gasteiger partial charge in [0, 0.05) is 17.7 Å². The molecule has 0 spiro atoms. The molecule has 0 atom stereocenters. The van der Waals surface area contributed by atoms with Gasteiger partial charge in [0.2, 0.25) is 0 Å². The zero-order valence-corrected chi connectivity index (χ0v) is 12.4. The molecule has 0 radical (unpaired) electrons. The normalized spacial score (nSPS) is 19.8. The Balaban J connectivity index is 2.22. The maximum absolute atomic E-state index is 5.83. The summed E-state index contributed by atoms with van der Waals surface area (Å²) in [7, 11) is 0. The maximum atomic E-state index is 5.83. The highest BCUT2D eigenvalue weighted by atomic mass is 16.5. The van der Waals surface area contributed by atoms with E-state index < -0.39 is 0 Å². The second kappa shape index (κ2) is 4.29. The molecule has 2 nitrogen and oxygen atoms in total. The predicted molar refractivity (Wildman–Crippen MR) is 81.0 cm³/mol. The van der Waals surface area contributed by atoms with Gasteiger partial charge in [-0.05, 0) is 58.2 Å². The van der Waals surface area contributed by atoms with Crippen LogP contribution in [0.1, 0.15) is 45.2 Å². The molecular weight excluding hydrogens is 234 g/mol. The molecule has 0 amide bonds. The van der Waals surface area contributed by atoms with Gasteiger partial charge < -0.3 is 9.64 Å². The summed E-state index contributed by atoms with van der Waals surface area (Å²) in [6.07, 6.45) is 4.75. The summed E-state index contributed by atoms with van der Waals surface area (Å²) in [5.74, 6) is 1.08. The van der Waals surface area contributed by atoms with Crippen molar-refractivity contribution >= 4 is 11.3 Å². The van der Waals surface area contributed by atoms with Crippen LogP contribution in [-0.4, -0.2) is 18.7 Å². The monoisotopic (exact) mass is 257 g/mol. The first kappa shape index (κ1) is 12.6.